The molecule has 8 heteroatoms. The van der Waals surface area contributed by atoms with Crippen LogP contribution in [0.5, 0.6) is 0 Å². The van der Waals surface area contributed by atoms with E-state index >= 15 is 0 Å². The molecule has 1 heterocycles. The Bertz CT molecular complexity index is 1340. The van der Waals surface area contributed by atoms with Crippen molar-refractivity contribution >= 4 is 34.4 Å². The fraction of sp³-hybridized carbons (Fsp3) is 0.231. The lowest BCUT2D eigenvalue weighted by atomic mass is 10.0. The van der Waals surface area contributed by atoms with Gasteiger partial charge in [0.25, 0.3) is 0 Å². The van der Waals surface area contributed by atoms with E-state index in [4.69, 9.17) is 0 Å². The number of hydrogen-bond donors (Lipinski definition) is 1. The summed E-state index contributed by atoms with van der Waals surface area (Å²) < 4.78 is 6.59. The standard InChI is InChI=1S/C26H26N4O3S/c1-17-11-12-22(18(2)13-17)30-23(14-20-9-6-8-19-7-4-5-10-21(19)20)28-29-26(30)34-16-24(31)27-15-25(32)33-3/h4-13H,14-16H2,1-3H3,(H,27,31). The van der Waals surface area contributed by atoms with Crippen molar-refractivity contribution in [2.75, 3.05) is 19.4 Å². The van der Waals surface area contributed by atoms with Gasteiger partial charge in [-0.15, -0.1) is 10.2 Å². The summed E-state index contributed by atoms with van der Waals surface area (Å²) >= 11 is 1.28. The van der Waals surface area contributed by atoms with Gasteiger partial charge in [-0.2, -0.15) is 0 Å². The molecule has 0 saturated carbocycles. The average Bonchev–Trinajstić information content (AvgIpc) is 3.23. The molecule has 34 heavy (non-hydrogen) atoms. The highest BCUT2D eigenvalue weighted by Crippen LogP contribution is 2.28. The van der Waals surface area contributed by atoms with Crippen LogP contribution in [0.3, 0.4) is 0 Å². The molecule has 0 fully saturated rings. The first-order valence-corrected chi connectivity index (χ1v) is 11.9. The summed E-state index contributed by atoms with van der Waals surface area (Å²) in [5.74, 6) is 0.130. The molecule has 0 saturated heterocycles. The third-order valence-electron chi connectivity index (χ3n) is 5.51. The van der Waals surface area contributed by atoms with Crippen LogP contribution in [0.15, 0.2) is 65.8 Å². The first kappa shape index (κ1) is 23.5. The van der Waals surface area contributed by atoms with Gasteiger partial charge in [0.15, 0.2) is 5.16 Å². The van der Waals surface area contributed by atoms with E-state index in [1.165, 1.54) is 35.2 Å². The lowest BCUT2D eigenvalue weighted by molar-refractivity contribution is -0.140. The fourth-order valence-electron chi connectivity index (χ4n) is 3.85. The van der Waals surface area contributed by atoms with Crippen LogP contribution in [0.25, 0.3) is 16.5 Å². The largest absolute Gasteiger partial charge is 0.468 e. The molecule has 4 rings (SSSR count). The summed E-state index contributed by atoms with van der Waals surface area (Å²) in [7, 11) is 1.28. The minimum Gasteiger partial charge on any atom is -0.468 e. The molecule has 1 aromatic heterocycles. The highest BCUT2D eigenvalue weighted by Gasteiger charge is 2.18. The molecule has 174 valence electrons. The molecule has 0 aliphatic heterocycles. The number of thioether (sulfide) groups is 1. The first-order chi connectivity index (χ1) is 16.5. The minimum atomic E-state index is -0.492. The molecule has 4 aromatic rings. The Balaban J connectivity index is 1.66. The second-order valence-corrected chi connectivity index (χ2v) is 8.92. The van der Waals surface area contributed by atoms with Crippen LogP contribution in [0, 0.1) is 13.8 Å². The van der Waals surface area contributed by atoms with Crippen LogP contribution < -0.4 is 5.32 Å². The number of esters is 1. The van der Waals surface area contributed by atoms with Crippen molar-refractivity contribution in [1.29, 1.82) is 0 Å². The van der Waals surface area contributed by atoms with Crippen molar-refractivity contribution in [1.82, 2.24) is 20.1 Å². The SMILES string of the molecule is COC(=O)CNC(=O)CSc1nnc(Cc2cccc3ccccc23)n1-c1ccc(C)cc1C. The van der Waals surface area contributed by atoms with Crippen molar-refractivity contribution < 1.29 is 14.3 Å². The highest BCUT2D eigenvalue weighted by molar-refractivity contribution is 7.99. The predicted octanol–water partition coefficient (Wildman–Crippen LogP) is 4.01. The Hall–Kier alpha value is -3.65. The number of ether oxygens (including phenoxy) is 1. The van der Waals surface area contributed by atoms with E-state index in [2.05, 4.69) is 82.6 Å². The average molecular weight is 475 g/mol. The number of benzene rings is 3. The van der Waals surface area contributed by atoms with E-state index in [0.29, 0.717) is 11.6 Å². The Kier molecular flexibility index (Phi) is 7.27. The molecule has 0 aliphatic rings. The van der Waals surface area contributed by atoms with Gasteiger partial charge in [0.1, 0.15) is 12.4 Å². The number of hydrogen-bond acceptors (Lipinski definition) is 6. The van der Waals surface area contributed by atoms with Gasteiger partial charge < -0.3 is 10.1 Å². The smallest absolute Gasteiger partial charge is 0.325 e. The molecule has 0 atom stereocenters. The Morgan fingerprint density at radius 3 is 2.62 bits per heavy atom. The van der Waals surface area contributed by atoms with E-state index in [1.807, 2.05) is 16.7 Å². The molecule has 3 aromatic carbocycles. The van der Waals surface area contributed by atoms with Crippen molar-refractivity contribution in [3.8, 4) is 5.69 Å². The van der Waals surface area contributed by atoms with Crippen molar-refractivity contribution in [3.05, 3.63) is 83.2 Å². The third-order valence-corrected chi connectivity index (χ3v) is 6.44. The first-order valence-electron chi connectivity index (χ1n) is 10.9. The van der Waals surface area contributed by atoms with Gasteiger partial charge in [-0.1, -0.05) is 71.9 Å². The van der Waals surface area contributed by atoms with E-state index in [-0.39, 0.29) is 18.2 Å². The molecular formula is C26H26N4O3S. The summed E-state index contributed by atoms with van der Waals surface area (Å²) in [6, 6.07) is 20.8. The number of carbonyl (C=O) groups is 2. The molecule has 1 amide bonds. The maximum atomic E-state index is 12.2. The molecule has 0 unspecified atom stereocenters. The van der Waals surface area contributed by atoms with Crippen LogP contribution in [0.4, 0.5) is 0 Å². The molecule has 0 spiro atoms. The van der Waals surface area contributed by atoms with E-state index in [9.17, 15) is 9.59 Å². The zero-order valence-electron chi connectivity index (χ0n) is 19.4. The van der Waals surface area contributed by atoms with Gasteiger partial charge in [-0.25, -0.2) is 0 Å². The van der Waals surface area contributed by atoms with Gasteiger partial charge in [-0.05, 0) is 41.8 Å². The van der Waals surface area contributed by atoms with Gasteiger partial charge in [-0.3, -0.25) is 14.2 Å². The van der Waals surface area contributed by atoms with Gasteiger partial charge >= 0.3 is 5.97 Å². The second kappa shape index (κ2) is 10.5. The molecule has 0 aliphatic carbocycles. The summed E-state index contributed by atoms with van der Waals surface area (Å²) in [4.78, 5) is 23.5. The summed E-state index contributed by atoms with van der Waals surface area (Å²) in [5, 5.41) is 14.5. The zero-order valence-corrected chi connectivity index (χ0v) is 20.2. The van der Waals surface area contributed by atoms with Gasteiger partial charge in [0.2, 0.25) is 5.91 Å². The quantitative estimate of drug-likeness (QED) is 0.307. The number of nitrogens with one attached hydrogen (secondary N) is 1. The number of carbonyl (C=O) groups excluding carboxylic acids is 2. The third kappa shape index (κ3) is 5.28. The molecular weight excluding hydrogens is 448 g/mol. The lowest BCUT2D eigenvalue weighted by Gasteiger charge is -2.14. The Morgan fingerprint density at radius 1 is 1.03 bits per heavy atom. The Labute approximate surface area is 202 Å². The number of aromatic nitrogens is 3. The maximum Gasteiger partial charge on any atom is 0.325 e. The van der Waals surface area contributed by atoms with Gasteiger partial charge in [0.05, 0.1) is 18.6 Å². The Morgan fingerprint density at radius 2 is 1.82 bits per heavy atom. The van der Waals surface area contributed by atoms with Crippen molar-refractivity contribution in [3.63, 3.8) is 0 Å². The van der Waals surface area contributed by atoms with Crippen LogP contribution in [-0.2, 0) is 20.7 Å². The number of nitrogens with zero attached hydrogens (tertiary/aromatic N) is 3. The number of aryl methyl sites for hydroxylation is 2. The molecule has 1 N–H and O–H groups in total. The number of amides is 1. The van der Waals surface area contributed by atoms with Gasteiger partial charge in [0, 0.05) is 6.42 Å². The van der Waals surface area contributed by atoms with Crippen molar-refractivity contribution in [2.45, 2.75) is 25.4 Å². The zero-order chi connectivity index (χ0) is 24.1. The lowest BCUT2D eigenvalue weighted by Crippen LogP contribution is -2.31. The topological polar surface area (TPSA) is 86.1 Å². The fourth-order valence-corrected chi connectivity index (χ4v) is 4.64. The van der Waals surface area contributed by atoms with E-state index < -0.39 is 5.97 Å². The van der Waals surface area contributed by atoms with Crippen LogP contribution in [0.2, 0.25) is 0 Å². The normalized spacial score (nSPS) is 10.9. The maximum absolute atomic E-state index is 12.2. The predicted molar refractivity (Wildman–Crippen MR) is 133 cm³/mol. The number of methoxy groups -OCH3 is 1. The summed E-state index contributed by atoms with van der Waals surface area (Å²) in [6.45, 7) is 3.95. The minimum absolute atomic E-state index is 0.105. The molecule has 0 radical (unpaired) electrons. The van der Waals surface area contributed by atoms with Crippen LogP contribution in [0.1, 0.15) is 22.5 Å². The second-order valence-electron chi connectivity index (χ2n) is 7.98. The monoisotopic (exact) mass is 474 g/mol. The number of fused-ring (bicyclic) bond motifs is 1. The van der Waals surface area contributed by atoms with E-state index in [1.54, 1.807) is 0 Å². The summed E-state index contributed by atoms with van der Waals surface area (Å²) in [5.41, 5.74) is 4.39. The van der Waals surface area contributed by atoms with Crippen LogP contribution >= 0.6 is 11.8 Å². The highest BCUT2D eigenvalue weighted by atomic mass is 32.2. The van der Waals surface area contributed by atoms with Crippen molar-refractivity contribution in [2.24, 2.45) is 0 Å². The molecule has 7 nitrogen and oxygen atoms in total. The molecule has 0 bridgehead atoms. The number of rotatable bonds is 8. The van der Waals surface area contributed by atoms with E-state index in [0.717, 1.165) is 22.6 Å². The summed E-state index contributed by atoms with van der Waals surface area (Å²) in [6.07, 6.45) is 0.594. The van der Waals surface area contributed by atoms with Crippen LogP contribution in [-0.4, -0.2) is 46.0 Å².